The fourth-order valence-electron chi connectivity index (χ4n) is 2.72. The minimum Gasteiger partial charge on any atom is -0.399 e. The van der Waals surface area contributed by atoms with E-state index < -0.39 is 28.6 Å². The van der Waals surface area contributed by atoms with E-state index in [1.165, 1.54) is 0 Å². The molecule has 1 aromatic carbocycles. The number of nitrogens with two attached hydrogens (primary N) is 2. The van der Waals surface area contributed by atoms with E-state index >= 15 is 0 Å². The summed E-state index contributed by atoms with van der Waals surface area (Å²) in [5, 5.41) is 10.7. The van der Waals surface area contributed by atoms with Crippen molar-refractivity contribution in [3.05, 3.63) is 36.0 Å². The Hall–Kier alpha value is -3.66. The monoisotopic (exact) mass is 415 g/mol. The number of anilines is 1. The Morgan fingerprint density at radius 1 is 1.27 bits per heavy atom. The van der Waals surface area contributed by atoms with Crippen LogP contribution in [-0.2, 0) is 14.4 Å². The Labute approximate surface area is 172 Å². The molecule has 158 valence electrons. The summed E-state index contributed by atoms with van der Waals surface area (Å²) in [6, 6.07) is 10.8. The zero-order valence-electron chi connectivity index (χ0n) is 16.6. The molecule has 1 aliphatic heterocycles. The first-order valence-corrected chi connectivity index (χ1v) is 9.15. The molecule has 2 heterocycles. The highest BCUT2D eigenvalue weighted by molar-refractivity contribution is 5.96. The third-order valence-electron chi connectivity index (χ3n) is 4.09. The van der Waals surface area contributed by atoms with Gasteiger partial charge in [-0.2, -0.15) is 5.21 Å². The quantitative estimate of drug-likeness (QED) is 0.224. The maximum atomic E-state index is 12.3. The van der Waals surface area contributed by atoms with Crippen LogP contribution in [0.5, 0.6) is 0 Å². The van der Waals surface area contributed by atoms with Gasteiger partial charge in [-0.3, -0.25) is 4.98 Å². The molecular weight excluding hydrogens is 392 g/mol. The van der Waals surface area contributed by atoms with Crippen LogP contribution in [0.1, 0.15) is 31.9 Å². The van der Waals surface area contributed by atoms with Crippen LogP contribution < -0.4 is 11.5 Å². The number of hydrogen-bond acceptors (Lipinski definition) is 9. The summed E-state index contributed by atoms with van der Waals surface area (Å²) >= 11 is 0. The van der Waals surface area contributed by atoms with Crippen molar-refractivity contribution in [1.29, 1.82) is 0 Å². The molecule has 1 aromatic heterocycles. The van der Waals surface area contributed by atoms with E-state index in [4.69, 9.17) is 11.5 Å². The van der Waals surface area contributed by atoms with Crippen molar-refractivity contribution in [2.24, 2.45) is 15.7 Å². The van der Waals surface area contributed by atoms with Crippen molar-refractivity contribution in [2.75, 3.05) is 18.8 Å². The molecule has 11 heteroatoms. The van der Waals surface area contributed by atoms with Gasteiger partial charge in [-0.1, -0.05) is 6.07 Å². The summed E-state index contributed by atoms with van der Waals surface area (Å²) < 4.78 is 0. The molecule has 0 radical (unpaired) electrons. The summed E-state index contributed by atoms with van der Waals surface area (Å²) in [6.07, 6.45) is -1.78. The van der Waals surface area contributed by atoms with Crippen LogP contribution in [0.25, 0.3) is 10.9 Å². The number of carbonyl (C=O) groups is 3. The second-order valence-electron chi connectivity index (χ2n) is 6.21. The summed E-state index contributed by atoms with van der Waals surface area (Å²) in [5.41, 5.74) is 11.9. The van der Waals surface area contributed by atoms with Gasteiger partial charge in [0, 0.05) is 24.2 Å². The second kappa shape index (κ2) is 9.70. The molecule has 2 aromatic rings. The summed E-state index contributed by atoms with van der Waals surface area (Å²) in [7, 11) is 0. The lowest BCUT2D eigenvalue weighted by Crippen LogP contribution is -2.52. The molecule has 0 bridgehead atoms. The van der Waals surface area contributed by atoms with Crippen LogP contribution >= 0.6 is 0 Å². The Bertz CT molecular complexity index is 1030. The molecule has 0 spiro atoms. The molecule has 1 saturated heterocycles. The van der Waals surface area contributed by atoms with Crippen molar-refractivity contribution >= 4 is 40.5 Å². The van der Waals surface area contributed by atoms with Gasteiger partial charge in [-0.25, -0.2) is 29.2 Å². The maximum absolute atomic E-state index is 12.3. The molecule has 2 unspecified atom stereocenters. The minimum absolute atomic E-state index is 0.280. The number of pyridine rings is 1. The number of amides is 3. The molecule has 2 atom stereocenters. The van der Waals surface area contributed by atoms with Gasteiger partial charge < -0.3 is 11.5 Å². The normalized spacial score (nSPS) is 20.2. The van der Waals surface area contributed by atoms with Crippen LogP contribution in [0.4, 0.5) is 10.5 Å². The van der Waals surface area contributed by atoms with Crippen molar-refractivity contribution < 1.29 is 29.2 Å². The van der Waals surface area contributed by atoms with E-state index in [1.54, 1.807) is 30.3 Å². The number of rotatable bonds is 4. The van der Waals surface area contributed by atoms with Crippen LogP contribution in [-0.4, -0.2) is 52.0 Å². The van der Waals surface area contributed by atoms with Crippen LogP contribution in [0.3, 0.4) is 0 Å². The molecule has 1 aliphatic rings. The first-order valence-electron chi connectivity index (χ1n) is 9.15. The lowest BCUT2D eigenvalue weighted by atomic mass is 10.0. The number of aromatic nitrogens is 1. The molecule has 5 N–H and O–H groups in total. The van der Waals surface area contributed by atoms with Crippen molar-refractivity contribution in [2.45, 2.75) is 26.2 Å². The number of nitrogens with zero attached hydrogens (tertiary/aromatic N) is 4. The van der Waals surface area contributed by atoms with Gasteiger partial charge in [0.1, 0.15) is 10.7 Å². The molecule has 30 heavy (non-hydrogen) atoms. The Morgan fingerprint density at radius 2 is 1.93 bits per heavy atom. The standard InChI is InChI=1S/C14H12N4O5.C5H10N2/c15-8-2-4-10-7(5-8)1-3-11(17-10)9-6-12(19)18(22,13(9)20)23-14(16)21;1-3-6-5-7-4-2/h1-5,9,22H,6,15H2,(H-,16,21);3-4H2,1-2H3/p+1. The number of primary amides is 1. The molecule has 11 nitrogen and oxygen atoms in total. The minimum atomic E-state index is -2.10. The Kier molecular flexibility index (Phi) is 7.32. The molecule has 1 fully saturated rings. The van der Waals surface area contributed by atoms with Crippen molar-refractivity contribution in [1.82, 2.24) is 4.98 Å². The number of hydroxylamine groups is 4. The highest BCUT2D eigenvalue weighted by Gasteiger charge is 2.62. The highest BCUT2D eigenvalue weighted by Crippen LogP contribution is 2.34. The zero-order chi connectivity index (χ0) is 22.3. The van der Waals surface area contributed by atoms with Gasteiger partial charge in [-0.15, -0.1) is 0 Å². The largest absolute Gasteiger partial charge is 0.465 e. The van der Waals surface area contributed by atoms with Gasteiger partial charge in [0.2, 0.25) is 0 Å². The van der Waals surface area contributed by atoms with Crippen LogP contribution in [0, 0.1) is 0 Å². The third-order valence-corrected chi connectivity index (χ3v) is 4.09. The number of benzene rings is 1. The highest BCUT2D eigenvalue weighted by atomic mass is 17.0. The first kappa shape index (κ1) is 22.6. The predicted molar refractivity (Wildman–Crippen MR) is 107 cm³/mol. The van der Waals surface area contributed by atoms with E-state index in [-0.39, 0.29) is 12.1 Å². The van der Waals surface area contributed by atoms with E-state index in [1.807, 2.05) is 13.8 Å². The number of imide groups is 1. The van der Waals surface area contributed by atoms with Crippen molar-refractivity contribution in [3.8, 4) is 0 Å². The van der Waals surface area contributed by atoms with E-state index in [9.17, 15) is 19.6 Å². The van der Waals surface area contributed by atoms with Crippen molar-refractivity contribution in [3.63, 3.8) is 0 Å². The molecule has 3 rings (SSSR count). The fraction of sp³-hybridized carbons (Fsp3) is 0.316. The molecule has 0 saturated carbocycles. The molecule has 3 amide bonds. The smallest absolute Gasteiger partial charge is 0.399 e. The van der Waals surface area contributed by atoms with Gasteiger partial charge in [0.15, 0.2) is 0 Å². The average Bonchev–Trinajstić information content (AvgIpc) is 2.92. The first-order chi connectivity index (χ1) is 14.2. The van der Waals surface area contributed by atoms with Gasteiger partial charge in [0.25, 0.3) is 0 Å². The topological polar surface area (TPSA) is 170 Å². The Balaban J connectivity index is 0.000000396. The molecule has 0 aliphatic carbocycles. The number of hydrogen-bond donors (Lipinski definition) is 3. The Morgan fingerprint density at radius 3 is 2.53 bits per heavy atom. The number of quaternary nitrogens is 1. The summed E-state index contributed by atoms with van der Waals surface area (Å²) in [5.74, 6) is -3.04. The number of carbonyl (C=O) groups excluding carboxylic acids is 3. The van der Waals surface area contributed by atoms with Crippen LogP contribution in [0.15, 0.2) is 40.3 Å². The fourth-order valence-corrected chi connectivity index (χ4v) is 2.72. The summed E-state index contributed by atoms with van der Waals surface area (Å²) in [4.78, 5) is 48.9. The summed E-state index contributed by atoms with van der Waals surface area (Å²) in [6.45, 7) is 5.48. The van der Waals surface area contributed by atoms with E-state index in [0.717, 1.165) is 18.5 Å². The number of nitrogen functional groups attached to an aromatic ring is 1. The number of aliphatic imine (C=N–C) groups is 2. The average molecular weight is 415 g/mol. The van der Waals surface area contributed by atoms with E-state index in [2.05, 4.69) is 25.8 Å². The second-order valence-corrected chi connectivity index (χ2v) is 6.21. The van der Waals surface area contributed by atoms with Gasteiger partial charge in [-0.05, 0) is 38.1 Å². The van der Waals surface area contributed by atoms with Crippen LogP contribution in [0.2, 0.25) is 0 Å². The molecular formula is C19H23N6O5+. The SMILES string of the molecule is CCN=C=NCC.NC(=O)O[N+]1(O)C(=O)CC(c2ccc3cc(N)ccc3n2)C1=O. The third kappa shape index (κ3) is 5.03. The lowest BCUT2D eigenvalue weighted by molar-refractivity contribution is -1.12. The maximum Gasteiger partial charge on any atom is 0.465 e. The predicted octanol–water partition coefficient (Wildman–Crippen LogP) is 1.77. The van der Waals surface area contributed by atoms with E-state index in [0.29, 0.717) is 11.2 Å². The van der Waals surface area contributed by atoms with Gasteiger partial charge in [0.05, 0.1) is 23.6 Å². The number of fused-ring (bicyclic) bond motifs is 1. The lowest BCUT2D eigenvalue weighted by Gasteiger charge is -2.14. The van der Waals surface area contributed by atoms with Gasteiger partial charge >= 0.3 is 17.9 Å². The zero-order valence-corrected chi connectivity index (χ0v) is 16.6.